The third-order valence-electron chi connectivity index (χ3n) is 4.88. The lowest BCUT2D eigenvalue weighted by molar-refractivity contribution is -0.124. The Morgan fingerprint density at radius 3 is 2.92 bits per heavy atom. The molecule has 1 aromatic carbocycles. The highest BCUT2D eigenvalue weighted by atomic mass is 16.1. The average molecular weight is 335 g/mol. The lowest BCUT2D eigenvalue weighted by Crippen LogP contribution is -2.42. The maximum atomic E-state index is 12.2. The summed E-state index contributed by atoms with van der Waals surface area (Å²) in [4.78, 5) is 23.2. The number of amides is 1. The van der Waals surface area contributed by atoms with Crippen LogP contribution in [0.15, 0.2) is 36.5 Å². The highest BCUT2D eigenvalue weighted by Crippen LogP contribution is 2.30. The van der Waals surface area contributed by atoms with E-state index in [2.05, 4.69) is 20.9 Å². The van der Waals surface area contributed by atoms with Crippen molar-refractivity contribution in [3.05, 3.63) is 64.7 Å². The van der Waals surface area contributed by atoms with E-state index in [0.717, 1.165) is 35.6 Å². The maximum absolute atomic E-state index is 12.2. The Bertz CT molecular complexity index is 962. The number of primary amides is 1. The van der Waals surface area contributed by atoms with Crippen LogP contribution < -0.4 is 5.73 Å². The smallest absolute Gasteiger partial charge is 0.239 e. The number of rotatable bonds is 3. The van der Waals surface area contributed by atoms with E-state index < -0.39 is 6.04 Å². The molecule has 1 amide bonds. The number of nitrogens with two attached hydrogens (primary N) is 1. The number of benzene rings is 1. The van der Waals surface area contributed by atoms with Gasteiger partial charge in [0.25, 0.3) is 0 Å². The van der Waals surface area contributed by atoms with Gasteiger partial charge in [0.1, 0.15) is 6.04 Å². The van der Waals surface area contributed by atoms with E-state index in [0.29, 0.717) is 12.3 Å². The molecule has 1 aliphatic rings. The van der Waals surface area contributed by atoms with Crippen molar-refractivity contribution in [2.24, 2.45) is 5.73 Å². The molecule has 2 N–H and O–H groups in total. The fourth-order valence-corrected chi connectivity index (χ4v) is 3.84. The quantitative estimate of drug-likeness (QED) is 0.793. The van der Waals surface area contributed by atoms with E-state index in [1.165, 1.54) is 5.56 Å². The van der Waals surface area contributed by atoms with E-state index in [9.17, 15) is 4.79 Å². The molecule has 6 heteroatoms. The second kappa shape index (κ2) is 5.97. The van der Waals surface area contributed by atoms with Gasteiger partial charge in [-0.25, -0.2) is 9.97 Å². The Kier molecular flexibility index (Phi) is 3.77. The molecule has 0 fully saturated rings. The molecule has 0 saturated heterocycles. The van der Waals surface area contributed by atoms with Crippen LogP contribution in [-0.2, 0) is 17.8 Å². The number of imidazole rings is 1. The van der Waals surface area contributed by atoms with Gasteiger partial charge in [0.2, 0.25) is 11.7 Å². The zero-order valence-corrected chi connectivity index (χ0v) is 14.4. The Balaban J connectivity index is 1.72. The Hall–Kier alpha value is -2.73. The topological polar surface area (TPSA) is 76.5 Å². The summed E-state index contributed by atoms with van der Waals surface area (Å²) < 4.78 is 2.05. The van der Waals surface area contributed by atoms with Gasteiger partial charge in [-0.05, 0) is 37.5 Å². The van der Waals surface area contributed by atoms with Crippen LogP contribution in [0.25, 0.3) is 5.78 Å². The zero-order chi connectivity index (χ0) is 17.6. The van der Waals surface area contributed by atoms with Crippen LogP contribution in [0.2, 0.25) is 0 Å². The van der Waals surface area contributed by atoms with E-state index in [4.69, 9.17) is 5.73 Å². The van der Waals surface area contributed by atoms with Gasteiger partial charge in [-0.3, -0.25) is 14.1 Å². The van der Waals surface area contributed by atoms with Crippen LogP contribution in [0, 0.1) is 13.8 Å². The summed E-state index contributed by atoms with van der Waals surface area (Å²) in [5, 5.41) is 0. The highest BCUT2D eigenvalue weighted by molar-refractivity contribution is 5.82. The molecule has 3 aromatic rings. The first kappa shape index (κ1) is 15.8. The second-order valence-corrected chi connectivity index (χ2v) is 6.65. The largest absolute Gasteiger partial charge is 0.368 e. The van der Waals surface area contributed by atoms with Gasteiger partial charge in [0, 0.05) is 24.5 Å². The van der Waals surface area contributed by atoms with Crippen LogP contribution in [0.1, 0.15) is 34.3 Å². The third-order valence-corrected chi connectivity index (χ3v) is 4.88. The van der Waals surface area contributed by atoms with E-state index >= 15 is 0 Å². The van der Waals surface area contributed by atoms with Crippen LogP contribution in [0.5, 0.6) is 0 Å². The minimum atomic E-state index is -0.408. The predicted molar refractivity (Wildman–Crippen MR) is 95.0 cm³/mol. The van der Waals surface area contributed by atoms with Crippen molar-refractivity contribution in [1.82, 2.24) is 19.3 Å². The molecule has 1 aliphatic heterocycles. The molecular weight excluding hydrogens is 314 g/mol. The zero-order valence-electron chi connectivity index (χ0n) is 14.4. The van der Waals surface area contributed by atoms with Crippen molar-refractivity contribution < 1.29 is 4.79 Å². The second-order valence-electron chi connectivity index (χ2n) is 6.65. The summed E-state index contributed by atoms with van der Waals surface area (Å²) in [6.07, 6.45) is 2.75. The molecule has 0 saturated carbocycles. The molecule has 0 spiro atoms. The number of aryl methyl sites for hydroxylation is 2. The van der Waals surface area contributed by atoms with E-state index in [-0.39, 0.29) is 5.91 Å². The predicted octanol–water partition coefficient (Wildman–Crippen LogP) is 1.93. The lowest BCUT2D eigenvalue weighted by atomic mass is 9.92. The highest BCUT2D eigenvalue weighted by Gasteiger charge is 2.31. The SMILES string of the molecule is Cc1cc(C)n2c(CN3CCc4ccccc4C3C(N)=O)cnc2n1. The first-order chi connectivity index (χ1) is 12.0. The molecule has 6 nitrogen and oxygen atoms in total. The summed E-state index contributed by atoms with van der Waals surface area (Å²) in [5.74, 6) is 0.382. The first-order valence-corrected chi connectivity index (χ1v) is 8.46. The summed E-state index contributed by atoms with van der Waals surface area (Å²) in [6.45, 7) is 5.40. The van der Waals surface area contributed by atoms with Gasteiger partial charge in [0.05, 0.1) is 11.9 Å². The first-order valence-electron chi connectivity index (χ1n) is 8.46. The average Bonchev–Trinajstić information content (AvgIpc) is 2.97. The number of nitrogens with zero attached hydrogens (tertiary/aromatic N) is 4. The Labute approximate surface area is 146 Å². The monoisotopic (exact) mass is 335 g/mol. The van der Waals surface area contributed by atoms with Gasteiger partial charge in [0.15, 0.2) is 0 Å². The molecule has 1 atom stereocenters. The van der Waals surface area contributed by atoms with Crippen molar-refractivity contribution in [1.29, 1.82) is 0 Å². The van der Waals surface area contributed by atoms with Gasteiger partial charge < -0.3 is 5.73 Å². The van der Waals surface area contributed by atoms with Crippen molar-refractivity contribution >= 4 is 11.7 Å². The fraction of sp³-hybridized carbons (Fsp3) is 0.316. The Morgan fingerprint density at radius 2 is 2.12 bits per heavy atom. The van der Waals surface area contributed by atoms with Crippen LogP contribution in [-0.4, -0.2) is 31.7 Å². The number of aromatic nitrogens is 3. The van der Waals surface area contributed by atoms with Crippen molar-refractivity contribution in [2.75, 3.05) is 6.54 Å². The van der Waals surface area contributed by atoms with Crippen LogP contribution in [0.3, 0.4) is 0 Å². The van der Waals surface area contributed by atoms with Crippen LogP contribution >= 0.6 is 0 Å². The fourth-order valence-electron chi connectivity index (χ4n) is 3.84. The molecule has 0 bridgehead atoms. The molecule has 0 radical (unpaired) electrons. The van der Waals surface area contributed by atoms with Crippen LogP contribution in [0.4, 0.5) is 0 Å². The number of hydrogen-bond donors (Lipinski definition) is 1. The Morgan fingerprint density at radius 1 is 1.32 bits per heavy atom. The van der Waals surface area contributed by atoms with Gasteiger partial charge in [-0.15, -0.1) is 0 Å². The number of carbonyl (C=O) groups is 1. The molecule has 3 heterocycles. The van der Waals surface area contributed by atoms with Gasteiger partial charge in [-0.2, -0.15) is 0 Å². The van der Waals surface area contributed by atoms with Gasteiger partial charge in [-0.1, -0.05) is 24.3 Å². The minimum Gasteiger partial charge on any atom is -0.368 e. The molecule has 1 unspecified atom stereocenters. The van der Waals surface area contributed by atoms with Crippen molar-refractivity contribution in [2.45, 2.75) is 32.9 Å². The standard InChI is InChI=1S/C19H21N5O/c1-12-9-13(2)24-15(10-21-19(24)22-12)11-23-8-7-14-5-3-4-6-16(14)17(23)18(20)25/h3-6,9-10,17H,7-8,11H2,1-2H3,(H2,20,25). The summed E-state index contributed by atoms with van der Waals surface area (Å²) in [6, 6.07) is 9.68. The molecule has 0 aliphatic carbocycles. The summed E-state index contributed by atoms with van der Waals surface area (Å²) in [5.41, 5.74) is 11.0. The summed E-state index contributed by atoms with van der Waals surface area (Å²) >= 11 is 0. The van der Waals surface area contributed by atoms with Crippen molar-refractivity contribution in [3.63, 3.8) is 0 Å². The number of hydrogen-bond acceptors (Lipinski definition) is 4. The molecule has 25 heavy (non-hydrogen) atoms. The van der Waals surface area contributed by atoms with E-state index in [1.807, 2.05) is 48.7 Å². The molecule has 128 valence electrons. The van der Waals surface area contributed by atoms with Crippen molar-refractivity contribution in [3.8, 4) is 0 Å². The third kappa shape index (κ3) is 2.68. The molecule has 2 aromatic heterocycles. The number of fused-ring (bicyclic) bond motifs is 2. The maximum Gasteiger partial charge on any atom is 0.239 e. The minimum absolute atomic E-state index is 0.313. The normalized spacial score (nSPS) is 17.6. The molecule has 4 rings (SSSR count). The number of carbonyl (C=O) groups excluding carboxylic acids is 1. The van der Waals surface area contributed by atoms with Gasteiger partial charge >= 0.3 is 0 Å². The molecular formula is C19H21N5O. The van der Waals surface area contributed by atoms with E-state index in [1.54, 1.807) is 0 Å². The summed E-state index contributed by atoms with van der Waals surface area (Å²) in [7, 11) is 0. The lowest BCUT2D eigenvalue weighted by Gasteiger charge is -2.35.